The van der Waals surface area contributed by atoms with Crippen molar-refractivity contribution in [2.45, 2.75) is 48.8 Å². The zero-order valence-electron chi connectivity index (χ0n) is 17.6. The van der Waals surface area contributed by atoms with Crippen LogP contribution in [0.2, 0.25) is 5.02 Å². The summed E-state index contributed by atoms with van der Waals surface area (Å²) >= 11 is 7.27. The van der Waals surface area contributed by atoms with E-state index in [1.807, 2.05) is 0 Å². The van der Waals surface area contributed by atoms with Gasteiger partial charge in [0, 0.05) is 34.9 Å². The highest BCUT2D eigenvalue weighted by molar-refractivity contribution is 8.01. The van der Waals surface area contributed by atoms with E-state index in [4.69, 9.17) is 11.6 Å². The summed E-state index contributed by atoms with van der Waals surface area (Å²) in [6.07, 6.45) is 4.03. The third-order valence-electron chi connectivity index (χ3n) is 5.74. The molecule has 0 bridgehead atoms. The zero-order valence-corrected chi connectivity index (χ0v) is 19.2. The first-order valence-electron chi connectivity index (χ1n) is 10.8. The van der Waals surface area contributed by atoms with Gasteiger partial charge in [0.2, 0.25) is 11.8 Å². The Labute approximate surface area is 199 Å². The Kier molecular flexibility index (Phi) is 6.07. The van der Waals surface area contributed by atoms with Crippen LogP contribution < -0.4 is 10.6 Å². The van der Waals surface area contributed by atoms with Crippen LogP contribution in [0.4, 0.5) is 15.8 Å². The lowest BCUT2D eigenvalue weighted by Gasteiger charge is -2.23. The maximum Gasteiger partial charge on any atom is 0.238 e. The van der Waals surface area contributed by atoms with Crippen molar-refractivity contribution < 1.29 is 14.0 Å². The smallest absolute Gasteiger partial charge is 0.238 e. The summed E-state index contributed by atoms with van der Waals surface area (Å²) in [6.45, 7) is 0.817. The van der Waals surface area contributed by atoms with Crippen LogP contribution in [0, 0.1) is 5.82 Å². The summed E-state index contributed by atoms with van der Waals surface area (Å²) in [4.78, 5) is 26.0. The molecular weight excluding hydrogens is 465 g/mol. The number of nitrogens with zero attached hydrogens (tertiary/aromatic N) is 3. The zero-order chi connectivity index (χ0) is 22.9. The van der Waals surface area contributed by atoms with Gasteiger partial charge in [-0.25, -0.2) is 4.39 Å². The molecule has 2 aliphatic heterocycles. The van der Waals surface area contributed by atoms with Crippen molar-refractivity contribution >= 4 is 46.6 Å². The van der Waals surface area contributed by atoms with Gasteiger partial charge in [-0.05, 0) is 49.2 Å². The average Bonchev–Trinajstić information content (AvgIpc) is 3.04. The fourth-order valence-corrected chi connectivity index (χ4v) is 5.35. The molecule has 3 heterocycles. The number of rotatable bonds is 4. The molecule has 0 radical (unpaired) electrons. The van der Waals surface area contributed by atoms with Crippen molar-refractivity contribution in [1.29, 1.82) is 0 Å². The van der Waals surface area contributed by atoms with Gasteiger partial charge in [0.25, 0.3) is 0 Å². The van der Waals surface area contributed by atoms with Crippen LogP contribution in [-0.2, 0) is 22.6 Å². The van der Waals surface area contributed by atoms with Crippen molar-refractivity contribution in [3.8, 4) is 11.4 Å². The van der Waals surface area contributed by atoms with Gasteiger partial charge in [0.1, 0.15) is 11.6 Å². The van der Waals surface area contributed by atoms with Gasteiger partial charge in [-0.1, -0.05) is 18.0 Å². The van der Waals surface area contributed by atoms with Gasteiger partial charge >= 0.3 is 0 Å². The highest BCUT2D eigenvalue weighted by Crippen LogP contribution is 2.38. The lowest BCUT2D eigenvalue weighted by molar-refractivity contribution is -0.120. The molecular formula is C23H21ClFN5O2S. The number of fused-ring (bicyclic) bond motifs is 2. The van der Waals surface area contributed by atoms with Gasteiger partial charge in [-0.3, -0.25) is 9.59 Å². The monoisotopic (exact) mass is 485 g/mol. The predicted octanol–water partition coefficient (Wildman–Crippen LogP) is 4.91. The van der Waals surface area contributed by atoms with E-state index in [1.165, 1.54) is 17.8 Å². The summed E-state index contributed by atoms with van der Waals surface area (Å²) in [5, 5.41) is 13.9. The number of aryl methyl sites for hydroxylation is 1. The van der Waals surface area contributed by atoms with Crippen LogP contribution in [0.25, 0.3) is 11.4 Å². The maximum atomic E-state index is 14.5. The quantitative estimate of drug-likeness (QED) is 0.548. The Morgan fingerprint density at radius 1 is 1.21 bits per heavy atom. The molecule has 2 amide bonds. The van der Waals surface area contributed by atoms with E-state index in [1.54, 1.807) is 30.3 Å². The molecule has 2 N–H and O–H groups in total. The van der Waals surface area contributed by atoms with E-state index in [0.29, 0.717) is 22.1 Å². The predicted molar refractivity (Wildman–Crippen MR) is 126 cm³/mol. The number of halogens is 2. The molecule has 7 nitrogen and oxygen atoms in total. The first-order chi connectivity index (χ1) is 16.0. The molecule has 33 heavy (non-hydrogen) atoms. The minimum Gasteiger partial charge on any atom is -0.324 e. The molecule has 0 fully saturated rings. The number of hydrogen-bond donors (Lipinski definition) is 2. The van der Waals surface area contributed by atoms with E-state index in [9.17, 15) is 14.0 Å². The molecule has 1 atom stereocenters. The van der Waals surface area contributed by atoms with Crippen molar-refractivity contribution in [3.05, 3.63) is 53.1 Å². The Morgan fingerprint density at radius 2 is 2.09 bits per heavy atom. The van der Waals surface area contributed by atoms with Crippen LogP contribution in [0.1, 0.15) is 31.5 Å². The van der Waals surface area contributed by atoms with Crippen LogP contribution in [0.15, 0.2) is 41.3 Å². The summed E-state index contributed by atoms with van der Waals surface area (Å²) < 4.78 is 16.6. The molecule has 5 rings (SSSR count). The van der Waals surface area contributed by atoms with Gasteiger partial charge in [-0.15, -0.1) is 22.0 Å². The number of anilines is 2. The topological polar surface area (TPSA) is 88.9 Å². The fraction of sp³-hybridized carbons (Fsp3) is 0.304. The summed E-state index contributed by atoms with van der Waals surface area (Å²) in [6, 6.07) is 9.72. The number of benzene rings is 2. The van der Waals surface area contributed by atoms with E-state index in [-0.39, 0.29) is 18.0 Å². The third-order valence-corrected chi connectivity index (χ3v) is 7.25. The summed E-state index contributed by atoms with van der Waals surface area (Å²) in [5.74, 6) is 0.309. The van der Waals surface area contributed by atoms with Crippen molar-refractivity contribution in [2.24, 2.45) is 0 Å². The lowest BCUT2D eigenvalue weighted by atomic mass is 10.1. The Bertz CT molecular complexity index is 1250. The van der Waals surface area contributed by atoms with E-state index < -0.39 is 17.0 Å². The number of amides is 2. The van der Waals surface area contributed by atoms with Crippen LogP contribution >= 0.6 is 23.4 Å². The fourth-order valence-electron chi connectivity index (χ4n) is 4.09. The maximum absolute atomic E-state index is 14.5. The Morgan fingerprint density at radius 3 is 2.97 bits per heavy atom. The Hall–Kier alpha value is -2.91. The number of hydrogen-bond acceptors (Lipinski definition) is 5. The summed E-state index contributed by atoms with van der Waals surface area (Å²) in [7, 11) is 0. The molecule has 2 aliphatic rings. The number of carbonyl (C=O) groups excluding carboxylic acids is 2. The number of carbonyl (C=O) groups is 2. The van der Waals surface area contributed by atoms with E-state index >= 15 is 0 Å². The molecule has 0 aliphatic carbocycles. The molecule has 0 saturated heterocycles. The third kappa shape index (κ3) is 4.60. The molecule has 1 aromatic heterocycles. The molecule has 2 aromatic carbocycles. The molecule has 0 saturated carbocycles. The van der Waals surface area contributed by atoms with E-state index in [0.717, 1.165) is 42.9 Å². The second-order valence-corrected chi connectivity index (χ2v) is 9.77. The number of aromatic nitrogens is 3. The second-order valence-electron chi connectivity index (χ2n) is 8.09. The Balaban J connectivity index is 1.32. The highest BCUT2D eigenvalue weighted by atomic mass is 35.5. The molecule has 3 aromatic rings. The molecule has 0 spiro atoms. The van der Waals surface area contributed by atoms with Gasteiger partial charge in [0.05, 0.1) is 16.6 Å². The van der Waals surface area contributed by atoms with Crippen LogP contribution in [0.5, 0.6) is 0 Å². The largest absolute Gasteiger partial charge is 0.324 e. The standard InChI is InChI=1S/C23H21ClFN5O2S/c24-14-6-8-18-17(11-14)27-23(32)19(33-18)12-21(31)26-16-10-13(5-7-15(16)25)22-29-28-20-4-2-1-3-9-30(20)22/h5-8,10-11,19H,1-4,9,12H2,(H,26,31)(H,27,32). The number of thioether (sulfide) groups is 1. The average molecular weight is 486 g/mol. The van der Waals surface area contributed by atoms with Crippen LogP contribution in [-0.4, -0.2) is 31.8 Å². The van der Waals surface area contributed by atoms with Gasteiger partial charge in [0.15, 0.2) is 5.82 Å². The SMILES string of the molecule is O=C(CC1Sc2ccc(Cl)cc2NC1=O)Nc1cc(-c2nnc3n2CCCCC3)ccc1F. The van der Waals surface area contributed by atoms with E-state index in [2.05, 4.69) is 25.4 Å². The van der Waals surface area contributed by atoms with Gasteiger partial charge < -0.3 is 15.2 Å². The first-order valence-corrected chi connectivity index (χ1v) is 12.0. The normalized spacial score (nSPS) is 17.5. The highest BCUT2D eigenvalue weighted by Gasteiger charge is 2.29. The van der Waals surface area contributed by atoms with Crippen molar-refractivity contribution in [2.75, 3.05) is 10.6 Å². The van der Waals surface area contributed by atoms with Crippen LogP contribution in [0.3, 0.4) is 0 Å². The molecule has 10 heteroatoms. The molecule has 170 valence electrons. The van der Waals surface area contributed by atoms with Crippen molar-refractivity contribution in [1.82, 2.24) is 14.8 Å². The number of nitrogens with one attached hydrogen (secondary N) is 2. The van der Waals surface area contributed by atoms with Gasteiger partial charge in [-0.2, -0.15) is 0 Å². The first kappa shape index (κ1) is 21.9. The minimum absolute atomic E-state index is 0.0527. The lowest BCUT2D eigenvalue weighted by Crippen LogP contribution is -2.32. The van der Waals surface area contributed by atoms with Crippen molar-refractivity contribution in [3.63, 3.8) is 0 Å². The second kappa shape index (κ2) is 9.15. The minimum atomic E-state index is -0.628. The summed E-state index contributed by atoms with van der Waals surface area (Å²) in [5.41, 5.74) is 1.36. The molecule has 1 unspecified atom stereocenters.